The zero-order chi connectivity index (χ0) is 14.9. The summed E-state index contributed by atoms with van der Waals surface area (Å²) in [5.41, 5.74) is 1.74. The molecule has 2 aromatic rings. The lowest BCUT2D eigenvalue weighted by molar-refractivity contribution is -0.119. The van der Waals surface area contributed by atoms with Crippen molar-refractivity contribution in [1.82, 2.24) is 20.2 Å². The van der Waals surface area contributed by atoms with E-state index in [4.69, 9.17) is 4.74 Å². The van der Waals surface area contributed by atoms with E-state index in [0.29, 0.717) is 19.3 Å². The highest BCUT2D eigenvalue weighted by Crippen LogP contribution is 2.36. The predicted octanol–water partition coefficient (Wildman–Crippen LogP) is 1.65. The fourth-order valence-electron chi connectivity index (χ4n) is 2.64. The van der Waals surface area contributed by atoms with Crippen LogP contribution in [0.3, 0.4) is 0 Å². The SMILES string of the molecule is O=C(Nc1ccc(-c2nnnn2C2CC2)cc1)C1CCOC1. The lowest BCUT2D eigenvalue weighted by Crippen LogP contribution is -2.22. The summed E-state index contributed by atoms with van der Waals surface area (Å²) in [6.45, 7) is 1.18. The maximum atomic E-state index is 12.1. The molecule has 1 saturated heterocycles. The van der Waals surface area contributed by atoms with E-state index in [1.807, 2.05) is 28.9 Å². The second-order valence-electron chi connectivity index (χ2n) is 5.81. The Balaban J connectivity index is 1.48. The first-order valence-corrected chi connectivity index (χ1v) is 7.58. The molecule has 7 nitrogen and oxygen atoms in total. The molecule has 1 aromatic carbocycles. The number of aromatic nitrogens is 4. The maximum Gasteiger partial charge on any atom is 0.229 e. The van der Waals surface area contributed by atoms with Gasteiger partial charge in [-0.3, -0.25) is 4.79 Å². The van der Waals surface area contributed by atoms with E-state index in [1.54, 1.807) is 0 Å². The number of carbonyl (C=O) groups excluding carboxylic acids is 1. The zero-order valence-corrected chi connectivity index (χ0v) is 12.1. The molecule has 1 aromatic heterocycles. The minimum absolute atomic E-state index is 0.0214. The van der Waals surface area contributed by atoms with Crippen LogP contribution in [0.2, 0.25) is 0 Å². The molecule has 114 valence electrons. The molecule has 1 aliphatic heterocycles. The third-order valence-electron chi connectivity index (χ3n) is 4.10. The summed E-state index contributed by atoms with van der Waals surface area (Å²) in [5, 5.41) is 14.8. The Kier molecular flexibility index (Phi) is 3.34. The van der Waals surface area contributed by atoms with Gasteiger partial charge in [0.2, 0.25) is 5.91 Å². The molecule has 4 rings (SSSR count). The first-order chi connectivity index (χ1) is 10.8. The highest BCUT2D eigenvalue weighted by molar-refractivity contribution is 5.93. The molecule has 0 radical (unpaired) electrons. The van der Waals surface area contributed by atoms with E-state index in [1.165, 1.54) is 0 Å². The van der Waals surface area contributed by atoms with Crippen molar-refractivity contribution >= 4 is 11.6 Å². The van der Waals surface area contributed by atoms with E-state index >= 15 is 0 Å². The number of hydrogen-bond donors (Lipinski definition) is 1. The fraction of sp³-hybridized carbons (Fsp3) is 0.467. The number of amides is 1. The van der Waals surface area contributed by atoms with Crippen molar-refractivity contribution in [1.29, 1.82) is 0 Å². The van der Waals surface area contributed by atoms with Gasteiger partial charge in [0.05, 0.1) is 18.6 Å². The van der Waals surface area contributed by atoms with Crippen molar-refractivity contribution < 1.29 is 9.53 Å². The molecular weight excluding hydrogens is 282 g/mol. The van der Waals surface area contributed by atoms with Gasteiger partial charge in [-0.15, -0.1) is 5.10 Å². The lowest BCUT2D eigenvalue weighted by Gasteiger charge is -2.10. The fourth-order valence-corrected chi connectivity index (χ4v) is 2.64. The van der Waals surface area contributed by atoms with Gasteiger partial charge in [-0.1, -0.05) is 0 Å². The number of benzene rings is 1. The van der Waals surface area contributed by atoms with Crippen LogP contribution in [0.25, 0.3) is 11.4 Å². The number of carbonyl (C=O) groups is 1. The maximum absolute atomic E-state index is 12.1. The average molecular weight is 299 g/mol. The molecule has 1 N–H and O–H groups in total. The summed E-state index contributed by atoms with van der Waals surface area (Å²) in [6, 6.07) is 8.08. The van der Waals surface area contributed by atoms with Gasteiger partial charge < -0.3 is 10.1 Å². The average Bonchev–Trinajstić information content (AvgIpc) is 3.05. The highest BCUT2D eigenvalue weighted by Gasteiger charge is 2.28. The minimum Gasteiger partial charge on any atom is -0.381 e. The Bertz CT molecular complexity index is 671. The summed E-state index contributed by atoms with van der Waals surface area (Å²) in [4.78, 5) is 12.1. The first kappa shape index (κ1) is 13.4. The van der Waals surface area contributed by atoms with Gasteiger partial charge in [-0.05, 0) is 54.0 Å². The largest absolute Gasteiger partial charge is 0.381 e. The second kappa shape index (κ2) is 5.49. The Morgan fingerprint density at radius 3 is 2.73 bits per heavy atom. The summed E-state index contributed by atoms with van der Waals surface area (Å²) in [6.07, 6.45) is 3.06. The predicted molar refractivity (Wildman–Crippen MR) is 79.1 cm³/mol. The number of nitrogens with zero attached hydrogens (tertiary/aromatic N) is 4. The van der Waals surface area contributed by atoms with Crippen LogP contribution in [0.4, 0.5) is 5.69 Å². The molecule has 2 aliphatic rings. The monoisotopic (exact) mass is 299 g/mol. The molecule has 22 heavy (non-hydrogen) atoms. The molecule has 2 fully saturated rings. The van der Waals surface area contributed by atoms with Crippen molar-refractivity contribution in [2.24, 2.45) is 5.92 Å². The van der Waals surface area contributed by atoms with Gasteiger partial charge in [0, 0.05) is 17.9 Å². The van der Waals surface area contributed by atoms with E-state index in [-0.39, 0.29) is 11.8 Å². The third kappa shape index (κ3) is 2.59. The van der Waals surface area contributed by atoms with E-state index in [9.17, 15) is 4.79 Å². The van der Waals surface area contributed by atoms with Crippen LogP contribution >= 0.6 is 0 Å². The number of ether oxygens (including phenoxy) is 1. The van der Waals surface area contributed by atoms with Crippen molar-refractivity contribution in [3.8, 4) is 11.4 Å². The highest BCUT2D eigenvalue weighted by atomic mass is 16.5. The normalized spacial score (nSPS) is 21.0. The van der Waals surface area contributed by atoms with Gasteiger partial charge in [0.25, 0.3) is 0 Å². The van der Waals surface area contributed by atoms with Crippen LogP contribution in [0.15, 0.2) is 24.3 Å². The molecule has 7 heteroatoms. The van der Waals surface area contributed by atoms with Gasteiger partial charge in [-0.25, -0.2) is 4.68 Å². The van der Waals surface area contributed by atoms with Crippen molar-refractivity contribution in [3.05, 3.63) is 24.3 Å². The van der Waals surface area contributed by atoms with Gasteiger partial charge in [0.15, 0.2) is 5.82 Å². The molecule has 1 unspecified atom stereocenters. The Morgan fingerprint density at radius 2 is 2.05 bits per heavy atom. The topological polar surface area (TPSA) is 81.9 Å². The van der Waals surface area contributed by atoms with Crippen LogP contribution in [0.1, 0.15) is 25.3 Å². The van der Waals surface area contributed by atoms with Gasteiger partial charge in [0.1, 0.15) is 0 Å². The standard InChI is InChI=1S/C15H17N5O2/c21-15(11-7-8-22-9-11)16-12-3-1-10(2-4-12)14-17-18-19-20(14)13-5-6-13/h1-4,11,13H,5-9H2,(H,16,21). The summed E-state index contributed by atoms with van der Waals surface area (Å²) in [7, 11) is 0. The molecule has 1 atom stereocenters. The van der Waals surface area contributed by atoms with Crippen LogP contribution < -0.4 is 5.32 Å². The minimum atomic E-state index is -0.0400. The molecule has 1 aliphatic carbocycles. The zero-order valence-electron chi connectivity index (χ0n) is 12.1. The smallest absolute Gasteiger partial charge is 0.229 e. The van der Waals surface area contributed by atoms with Crippen molar-refractivity contribution in [2.75, 3.05) is 18.5 Å². The number of anilines is 1. The lowest BCUT2D eigenvalue weighted by atomic mass is 10.1. The Morgan fingerprint density at radius 1 is 1.23 bits per heavy atom. The molecular formula is C15H17N5O2. The van der Waals surface area contributed by atoms with E-state index in [0.717, 1.165) is 36.3 Å². The molecule has 0 bridgehead atoms. The number of hydrogen-bond acceptors (Lipinski definition) is 5. The molecule has 1 amide bonds. The first-order valence-electron chi connectivity index (χ1n) is 7.58. The third-order valence-corrected chi connectivity index (χ3v) is 4.10. The number of tetrazole rings is 1. The Hall–Kier alpha value is -2.28. The summed E-state index contributed by atoms with van der Waals surface area (Å²) in [5.74, 6) is 0.763. The molecule has 2 heterocycles. The quantitative estimate of drug-likeness (QED) is 0.928. The van der Waals surface area contributed by atoms with E-state index < -0.39 is 0 Å². The van der Waals surface area contributed by atoms with E-state index in [2.05, 4.69) is 20.8 Å². The summed E-state index contributed by atoms with van der Waals surface area (Å²) < 4.78 is 7.12. The molecule has 0 spiro atoms. The van der Waals surface area contributed by atoms with Crippen LogP contribution in [0.5, 0.6) is 0 Å². The second-order valence-corrected chi connectivity index (χ2v) is 5.81. The number of nitrogens with one attached hydrogen (secondary N) is 1. The van der Waals surface area contributed by atoms with Crippen molar-refractivity contribution in [3.63, 3.8) is 0 Å². The van der Waals surface area contributed by atoms with Gasteiger partial charge >= 0.3 is 0 Å². The van der Waals surface area contributed by atoms with Crippen LogP contribution in [-0.4, -0.2) is 39.3 Å². The van der Waals surface area contributed by atoms with Crippen molar-refractivity contribution in [2.45, 2.75) is 25.3 Å². The van der Waals surface area contributed by atoms with Crippen LogP contribution in [-0.2, 0) is 9.53 Å². The number of rotatable bonds is 4. The van der Waals surface area contributed by atoms with Gasteiger partial charge in [-0.2, -0.15) is 0 Å². The molecule has 1 saturated carbocycles. The van der Waals surface area contributed by atoms with Crippen LogP contribution in [0, 0.1) is 5.92 Å². The Labute approximate surface area is 127 Å². The summed E-state index contributed by atoms with van der Waals surface area (Å²) >= 11 is 0.